The fourth-order valence-electron chi connectivity index (χ4n) is 1.36. The van der Waals surface area contributed by atoms with E-state index in [1.165, 1.54) is 0 Å². The Kier molecular flexibility index (Phi) is 4.99. The van der Waals surface area contributed by atoms with Crippen molar-refractivity contribution in [2.24, 2.45) is 0 Å². The molecule has 0 bridgehead atoms. The molecule has 0 aliphatic heterocycles. The Morgan fingerprint density at radius 3 is 2.60 bits per heavy atom. The lowest BCUT2D eigenvalue weighted by Crippen LogP contribution is -2.10. The SMILES string of the molecule is CSCC(O)c1ccccc1OC(C)C. The summed E-state index contributed by atoms with van der Waals surface area (Å²) in [5.41, 5.74) is 0.876. The van der Waals surface area contributed by atoms with Gasteiger partial charge in [0, 0.05) is 11.3 Å². The quantitative estimate of drug-likeness (QED) is 0.837. The number of hydrogen-bond donors (Lipinski definition) is 1. The molecule has 0 saturated carbocycles. The molecule has 1 rings (SSSR count). The molecule has 1 unspecified atom stereocenters. The summed E-state index contributed by atoms with van der Waals surface area (Å²) < 4.78 is 5.64. The number of aliphatic hydroxyl groups excluding tert-OH is 1. The van der Waals surface area contributed by atoms with Gasteiger partial charge in [0.25, 0.3) is 0 Å². The van der Waals surface area contributed by atoms with Gasteiger partial charge >= 0.3 is 0 Å². The third-order valence-corrected chi connectivity index (χ3v) is 2.61. The summed E-state index contributed by atoms with van der Waals surface area (Å²) in [5, 5.41) is 9.91. The lowest BCUT2D eigenvalue weighted by molar-refractivity contribution is 0.186. The zero-order valence-corrected chi connectivity index (χ0v) is 10.3. The van der Waals surface area contributed by atoms with E-state index in [-0.39, 0.29) is 6.10 Å². The van der Waals surface area contributed by atoms with Crippen LogP contribution in [0.25, 0.3) is 0 Å². The first-order valence-electron chi connectivity index (χ1n) is 5.07. The standard InChI is InChI=1S/C12H18O2S/c1-9(2)14-12-7-5-4-6-10(12)11(13)8-15-3/h4-7,9,11,13H,8H2,1-3H3. The van der Waals surface area contributed by atoms with Gasteiger partial charge in [0.05, 0.1) is 12.2 Å². The monoisotopic (exact) mass is 226 g/mol. The molecular formula is C12H18O2S. The molecule has 0 radical (unpaired) electrons. The Labute approximate surface area is 95.7 Å². The number of hydrogen-bond acceptors (Lipinski definition) is 3. The van der Waals surface area contributed by atoms with Gasteiger partial charge in [-0.25, -0.2) is 0 Å². The molecule has 3 heteroatoms. The lowest BCUT2D eigenvalue weighted by Gasteiger charge is -2.17. The van der Waals surface area contributed by atoms with Crippen LogP contribution in [-0.4, -0.2) is 23.2 Å². The largest absolute Gasteiger partial charge is 0.491 e. The van der Waals surface area contributed by atoms with Crippen molar-refractivity contribution < 1.29 is 9.84 Å². The maximum Gasteiger partial charge on any atom is 0.125 e. The van der Waals surface area contributed by atoms with Crippen molar-refractivity contribution >= 4 is 11.8 Å². The van der Waals surface area contributed by atoms with Crippen LogP contribution in [0.5, 0.6) is 5.75 Å². The van der Waals surface area contributed by atoms with Crippen molar-refractivity contribution in [2.75, 3.05) is 12.0 Å². The van der Waals surface area contributed by atoms with E-state index in [9.17, 15) is 5.11 Å². The number of aliphatic hydroxyl groups is 1. The average Bonchev–Trinajstić information content (AvgIpc) is 2.18. The molecule has 84 valence electrons. The van der Waals surface area contributed by atoms with Crippen LogP contribution in [0.3, 0.4) is 0 Å². The molecule has 1 aromatic carbocycles. The number of benzene rings is 1. The second kappa shape index (κ2) is 6.03. The minimum absolute atomic E-state index is 0.132. The molecule has 15 heavy (non-hydrogen) atoms. The highest BCUT2D eigenvalue weighted by molar-refractivity contribution is 7.98. The van der Waals surface area contributed by atoms with E-state index in [1.54, 1.807) is 11.8 Å². The van der Waals surface area contributed by atoms with E-state index in [0.717, 1.165) is 11.3 Å². The molecule has 0 aliphatic carbocycles. The normalized spacial score (nSPS) is 12.9. The first-order valence-corrected chi connectivity index (χ1v) is 6.47. The number of ether oxygens (including phenoxy) is 1. The summed E-state index contributed by atoms with van der Waals surface area (Å²) in [5.74, 6) is 1.48. The third-order valence-electron chi connectivity index (χ3n) is 1.97. The van der Waals surface area contributed by atoms with Crippen LogP contribution in [0, 0.1) is 0 Å². The van der Waals surface area contributed by atoms with Crippen LogP contribution >= 0.6 is 11.8 Å². The van der Waals surface area contributed by atoms with Gasteiger partial charge in [-0.2, -0.15) is 11.8 Å². The molecule has 0 spiro atoms. The maximum absolute atomic E-state index is 9.91. The number of thioether (sulfide) groups is 1. The summed E-state index contributed by atoms with van der Waals surface area (Å²) in [6.45, 7) is 3.97. The zero-order chi connectivity index (χ0) is 11.3. The first kappa shape index (κ1) is 12.4. The highest BCUT2D eigenvalue weighted by Gasteiger charge is 2.12. The van der Waals surface area contributed by atoms with Gasteiger partial charge in [0.15, 0.2) is 0 Å². The van der Waals surface area contributed by atoms with E-state index in [4.69, 9.17) is 4.74 Å². The Hall–Kier alpha value is -0.670. The second-order valence-corrected chi connectivity index (χ2v) is 4.59. The summed E-state index contributed by atoms with van der Waals surface area (Å²) in [6.07, 6.45) is 1.66. The van der Waals surface area contributed by atoms with E-state index < -0.39 is 6.10 Å². The second-order valence-electron chi connectivity index (χ2n) is 3.68. The van der Waals surface area contributed by atoms with Crippen LogP contribution in [0.15, 0.2) is 24.3 Å². The van der Waals surface area contributed by atoms with Crippen molar-refractivity contribution in [1.82, 2.24) is 0 Å². The van der Waals surface area contributed by atoms with E-state index in [1.807, 2.05) is 44.4 Å². The number of rotatable bonds is 5. The molecular weight excluding hydrogens is 208 g/mol. The van der Waals surface area contributed by atoms with Gasteiger partial charge in [-0.05, 0) is 26.2 Å². The molecule has 0 amide bonds. The fraction of sp³-hybridized carbons (Fsp3) is 0.500. The Morgan fingerprint density at radius 1 is 1.33 bits per heavy atom. The molecule has 0 fully saturated rings. The van der Waals surface area contributed by atoms with E-state index in [2.05, 4.69) is 0 Å². The van der Waals surface area contributed by atoms with Gasteiger partial charge in [-0.1, -0.05) is 18.2 Å². The van der Waals surface area contributed by atoms with Crippen molar-refractivity contribution in [2.45, 2.75) is 26.1 Å². The van der Waals surface area contributed by atoms with Crippen molar-refractivity contribution in [3.63, 3.8) is 0 Å². The van der Waals surface area contributed by atoms with E-state index >= 15 is 0 Å². The molecule has 1 N–H and O–H groups in total. The fourth-order valence-corrected chi connectivity index (χ4v) is 1.86. The van der Waals surface area contributed by atoms with Gasteiger partial charge < -0.3 is 9.84 Å². The molecule has 0 saturated heterocycles. The predicted molar refractivity (Wildman–Crippen MR) is 65.5 cm³/mol. The molecule has 0 aliphatic rings. The van der Waals surface area contributed by atoms with Gasteiger partial charge in [-0.15, -0.1) is 0 Å². The van der Waals surface area contributed by atoms with Crippen LogP contribution in [-0.2, 0) is 0 Å². The third kappa shape index (κ3) is 3.76. The lowest BCUT2D eigenvalue weighted by atomic mass is 10.1. The van der Waals surface area contributed by atoms with Crippen LogP contribution in [0.1, 0.15) is 25.5 Å². The smallest absolute Gasteiger partial charge is 0.125 e. The summed E-state index contributed by atoms with van der Waals surface area (Å²) in [7, 11) is 0. The van der Waals surface area contributed by atoms with Gasteiger partial charge in [0.2, 0.25) is 0 Å². The van der Waals surface area contributed by atoms with Crippen LogP contribution < -0.4 is 4.74 Å². The van der Waals surface area contributed by atoms with Gasteiger partial charge in [-0.3, -0.25) is 0 Å². The topological polar surface area (TPSA) is 29.5 Å². The summed E-state index contributed by atoms with van der Waals surface area (Å²) in [6, 6.07) is 7.66. The highest BCUT2D eigenvalue weighted by Crippen LogP contribution is 2.27. The Balaban J connectivity index is 2.85. The van der Waals surface area contributed by atoms with E-state index in [0.29, 0.717) is 5.75 Å². The van der Waals surface area contributed by atoms with Crippen LogP contribution in [0.2, 0.25) is 0 Å². The zero-order valence-electron chi connectivity index (χ0n) is 9.43. The molecule has 1 atom stereocenters. The molecule has 1 aromatic rings. The molecule has 0 heterocycles. The van der Waals surface area contributed by atoms with Crippen molar-refractivity contribution in [1.29, 1.82) is 0 Å². The molecule has 0 aromatic heterocycles. The minimum Gasteiger partial charge on any atom is -0.491 e. The molecule has 2 nitrogen and oxygen atoms in total. The van der Waals surface area contributed by atoms with Crippen molar-refractivity contribution in [3.05, 3.63) is 29.8 Å². The number of para-hydroxylation sites is 1. The van der Waals surface area contributed by atoms with Gasteiger partial charge in [0.1, 0.15) is 5.75 Å². The highest BCUT2D eigenvalue weighted by atomic mass is 32.2. The summed E-state index contributed by atoms with van der Waals surface area (Å²) in [4.78, 5) is 0. The average molecular weight is 226 g/mol. The van der Waals surface area contributed by atoms with Crippen molar-refractivity contribution in [3.8, 4) is 5.75 Å². The Bertz CT molecular complexity index is 299. The Morgan fingerprint density at radius 2 is 2.00 bits per heavy atom. The maximum atomic E-state index is 9.91. The first-order chi connectivity index (χ1) is 7.15. The minimum atomic E-state index is -0.449. The summed E-state index contributed by atoms with van der Waals surface area (Å²) >= 11 is 1.63. The predicted octanol–water partition coefficient (Wildman–Crippen LogP) is 2.87. The van der Waals surface area contributed by atoms with Crippen LogP contribution in [0.4, 0.5) is 0 Å².